The molecule has 6 nitrogen and oxygen atoms in total. The highest BCUT2D eigenvalue weighted by molar-refractivity contribution is 8.13. The summed E-state index contributed by atoms with van der Waals surface area (Å²) < 4.78 is 32.8. The summed E-state index contributed by atoms with van der Waals surface area (Å²) in [7, 11) is 1.44. The van der Waals surface area contributed by atoms with Crippen molar-refractivity contribution in [3.05, 3.63) is 53.6 Å². The van der Waals surface area contributed by atoms with E-state index in [0.717, 1.165) is 5.56 Å². The van der Waals surface area contributed by atoms with Crippen molar-refractivity contribution in [2.75, 3.05) is 6.79 Å². The molecule has 0 aromatic heterocycles. The van der Waals surface area contributed by atoms with E-state index in [9.17, 15) is 13.2 Å². The van der Waals surface area contributed by atoms with Crippen molar-refractivity contribution in [1.82, 2.24) is 5.32 Å². The first kappa shape index (κ1) is 15.6. The predicted molar refractivity (Wildman–Crippen MR) is 83.2 cm³/mol. The highest BCUT2D eigenvalue weighted by Gasteiger charge is 2.14. The van der Waals surface area contributed by atoms with Crippen molar-refractivity contribution in [3.8, 4) is 11.5 Å². The maximum absolute atomic E-state index is 12.1. The average Bonchev–Trinajstić information content (AvgIpc) is 2.99. The van der Waals surface area contributed by atoms with E-state index >= 15 is 0 Å². The minimum absolute atomic E-state index is 0.0495. The van der Waals surface area contributed by atoms with Gasteiger partial charge in [-0.05, 0) is 42.0 Å². The zero-order valence-electron chi connectivity index (χ0n) is 11.8. The van der Waals surface area contributed by atoms with Crippen molar-refractivity contribution in [2.45, 2.75) is 11.4 Å². The smallest absolute Gasteiger partial charge is 0.261 e. The maximum atomic E-state index is 12.1. The van der Waals surface area contributed by atoms with Gasteiger partial charge < -0.3 is 14.8 Å². The third-order valence-corrected chi connectivity index (χ3v) is 4.66. The monoisotopic (exact) mass is 353 g/mol. The van der Waals surface area contributed by atoms with E-state index < -0.39 is 9.05 Å². The SMILES string of the molecule is O=C(NCc1ccc2c(c1)OCO2)c1ccc(S(=O)(=O)Cl)cc1. The number of carbonyl (C=O) groups is 1. The van der Waals surface area contributed by atoms with Gasteiger partial charge in [-0.3, -0.25) is 4.79 Å². The molecule has 2 aromatic carbocycles. The summed E-state index contributed by atoms with van der Waals surface area (Å²) in [5.41, 5.74) is 1.21. The van der Waals surface area contributed by atoms with E-state index in [1.165, 1.54) is 24.3 Å². The molecule has 1 heterocycles. The summed E-state index contributed by atoms with van der Waals surface area (Å²) in [6.07, 6.45) is 0. The fourth-order valence-electron chi connectivity index (χ4n) is 2.10. The van der Waals surface area contributed by atoms with Gasteiger partial charge in [0, 0.05) is 22.8 Å². The molecule has 1 aliphatic heterocycles. The molecule has 0 atom stereocenters. The Hall–Kier alpha value is -2.25. The fourth-order valence-corrected chi connectivity index (χ4v) is 2.87. The topological polar surface area (TPSA) is 81.7 Å². The maximum Gasteiger partial charge on any atom is 0.261 e. The largest absolute Gasteiger partial charge is 0.454 e. The van der Waals surface area contributed by atoms with Gasteiger partial charge in [0.05, 0.1) is 4.90 Å². The van der Waals surface area contributed by atoms with Crippen LogP contribution in [-0.2, 0) is 15.6 Å². The highest BCUT2D eigenvalue weighted by atomic mass is 35.7. The van der Waals surface area contributed by atoms with Gasteiger partial charge in [-0.15, -0.1) is 0 Å². The first-order valence-electron chi connectivity index (χ1n) is 6.65. The molecule has 8 heteroatoms. The molecule has 0 bridgehead atoms. The average molecular weight is 354 g/mol. The predicted octanol–water partition coefficient (Wildman–Crippen LogP) is 2.27. The molecule has 3 rings (SSSR count). The lowest BCUT2D eigenvalue weighted by Crippen LogP contribution is -2.22. The van der Waals surface area contributed by atoms with Crippen LogP contribution in [0.1, 0.15) is 15.9 Å². The Balaban J connectivity index is 1.65. The molecule has 1 aliphatic rings. The van der Waals surface area contributed by atoms with Crippen LogP contribution in [-0.4, -0.2) is 21.1 Å². The van der Waals surface area contributed by atoms with Gasteiger partial charge in [0.2, 0.25) is 6.79 Å². The number of hydrogen-bond donors (Lipinski definition) is 1. The molecule has 2 aromatic rings. The van der Waals surface area contributed by atoms with Gasteiger partial charge in [-0.25, -0.2) is 8.42 Å². The van der Waals surface area contributed by atoms with Crippen LogP contribution < -0.4 is 14.8 Å². The summed E-state index contributed by atoms with van der Waals surface area (Å²) in [6.45, 7) is 0.506. The molecule has 0 spiro atoms. The lowest BCUT2D eigenvalue weighted by molar-refractivity contribution is 0.0950. The lowest BCUT2D eigenvalue weighted by Gasteiger charge is -2.07. The molecule has 0 radical (unpaired) electrons. The van der Waals surface area contributed by atoms with Gasteiger partial charge in [-0.2, -0.15) is 0 Å². The molecule has 0 saturated heterocycles. The van der Waals surface area contributed by atoms with Crippen LogP contribution in [0.5, 0.6) is 11.5 Å². The van der Waals surface area contributed by atoms with Gasteiger partial charge in [0.15, 0.2) is 11.5 Å². The van der Waals surface area contributed by atoms with Crippen LogP contribution >= 0.6 is 10.7 Å². The van der Waals surface area contributed by atoms with Gasteiger partial charge >= 0.3 is 0 Å². The summed E-state index contributed by atoms with van der Waals surface area (Å²) >= 11 is 0. The Morgan fingerprint density at radius 3 is 2.48 bits per heavy atom. The molecular weight excluding hydrogens is 342 g/mol. The van der Waals surface area contributed by atoms with Crippen LogP contribution in [0, 0.1) is 0 Å². The summed E-state index contributed by atoms with van der Waals surface area (Å²) in [6, 6.07) is 10.8. The number of ether oxygens (including phenoxy) is 2. The molecule has 0 aliphatic carbocycles. The third kappa shape index (κ3) is 3.57. The number of fused-ring (bicyclic) bond motifs is 1. The zero-order chi connectivity index (χ0) is 16.4. The van der Waals surface area contributed by atoms with E-state index in [2.05, 4.69) is 5.32 Å². The molecule has 0 unspecified atom stereocenters. The second kappa shape index (κ2) is 6.10. The normalized spacial score (nSPS) is 12.9. The minimum atomic E-state index is -3.79. The van der Waals surface area contributed by atoms with E-state index in [-0.39, 0.29) is 17.6 Å². The van der Waals surface area contributed by atoms with Crippen LogP contribution in [0.4, 0.5) is 0 Å². The second-order valence-electron chi connectivity index (χ2n) is 4.83. The van der Waals surface area contributed by atoms with Crippen molar-refractivity contribution in [1.29, 1.82) is 0 Å². The van der Waals surface area contributed by atoms with E-state index in [1.807, 2.05) is 6.07 Å². The number of rotatable bonds is 4. The number of halogens is 1. The number of benzene rings is 2. The molecule has 23 heavy (non-hydrogen) atoms. The molecule has 0 saturated carbocycles. The van der Waals surface area contributed by atoms with Gasteiger partial charge in [0.25, 0.3) is 15.0 Å². The summed E-state index contributed by atoms with van der Waals surface area (Å²) in [5.74, 6) is 1.01. The zero-order valence-corrected chi connectivity index (χ0v) is 13.4. The third-order valence-electron chi connectivity index (χ3n) is 3.29. The summed E-state index contributed by atoms with van der Waals surface area (Å²) in [4.78, 5) is 12.0. The van der Waals surface area contributed by atoms with Crippen molar-refractivity contribution in [3.63, 3.8) is 0 Å². The Kier molecular flexibility index (Phi) is 4.14. The fraction of sp³-hybridized carbons (Fsp3) is 0.133. The number of amides is 1. The standard InChI is InChI=1S/C15H12ClNO5S/c16-23(19,20)12-4-2-11(3-5-12)15(18)17-8-10-1-6-13-14(7-10)22-9-21-13/h1-7H,8-9H2,(H,17,18). The minimum Gasteiger partial charge on any atom is -0.454 e. The van der Waals surface area contributed by atoms with Crippen molar-refractivity contribution in [2.24, 2.45) is 0 Å². The number of hydrogen-bond acceptors (Lipinski definition) is 5. The van der Waals surface area contributed by atoms with E-state index in [1.54, 1.807) is 12.1 Å². The Morgan fingerprint density at radius 2 is 1.78 bits per heavy atom. The lowest BCUT2D eigenvalue weighted by atomic mass is 10.2. The van der Waals surface area contributed by atoms with Crippen molar-refractivity contribution >= 4 is 25.6 Å². The first-order chi connectivity index (χ1) is 10.9. The molecule has 120 valence electrons. The van der Waals surface area contributed by atoms with Crippen LogP contribution in [0.25, 0.3) is 0 Å². The first-order valence-corrected chi connectivity index (χ1v) is 8.96. The van der Waals surface area contributed by atoms with Crippen molar-refractivity contribution < 1.29 is 22.7 Å². The Labute approximate surface area is 137 Å². The van der Waals surface area contributed by atoms with Crippen LogP contribution in [0.3, 0.4) is 0 Å². The number of nitrogens with one attached hydrogen (secondary N) is 1. The van der Waals surface area contributed by atoms with Crippen LogP contribution in [0.2, 0.25) is 0 Å². The molecule has 1 amide bonds. The Bertz CT molecular complexity index is 849. The quantitative estimate of drug-likeness (QED) is 0.853. The van der Waals surface area contributed by atoms with Crippen LogP contribution in [0.15, 0.2) is 47.4 Å². The van der Waals surface area contributed by atoms with Gasteiger partial charge in [-0.1, -0.05) is 6.07 Å². The molecule has 1 N–H and O–H groups in total. The summed E-state index contributed by atoms with van der Waals surface area (Å²) in [5, 5.41) is 2.75. The highest BCUT2D eigenvalue weighted by Crippen LogP contribution is 2.32. The van der Waals surface area contributed by atoms with E-state index in [4.69, 9.17) is 20.2 Å². The van der Waals surface area contributed by atoms with Gasteiger partial charge in [0.1, 0.15) is 0 Å². The van der Waals surface area contributed by atoms with E-state index in [0.29, 0.717) is 23.6 Å². The second-order valence-corrected chi connectivity index (χ2v) is 7.40. The molecule has 0 fully saturated rings. The Morgan fingerprint density at radius 1 is 1.09 bits per heavy atom. The molecular formula is C15H12ClNO5S. The number of carbonyl (C=O) groups excluding carboxylic acids is 1.